The fourth-order valence-electron chi connectivity index (χ4n) is 2.48. The van der Waals surface area contributed by atoms with Crippen LogP contribution in [-0.4, -0.2) is 54.6 Å². The van der Waals surface area contributed by atoms with Crippen LogP contribution in [0.3, 0.4) is 0 Å². The van der Waals surface area contributed by atoms with Gasteiger partial charge in [0, 0.05) is 6.20 Å². The normalized spacial score (nSPS) is 15.2. The highest BCUT2D eigenvalue weighted by molar-refractivity contribution is 5.93. The molecule has 3 aromatic rings. The molecule has 9 nitrogen and oxygen atoms in total. The number of aromatic nitrogens is 6. The second-order valence-electron chi connectivity index (χ2n) is 5.88. The molecule has 0 radical (unpaired) electrons. The SMILES string of the molecule is CC.Cc1nc(-n2ccc(C(=O)NC3(C)COC3)n2)c2cn[nH]c2n1. The Morgan fingerprint density at radius 3 is 2.80 bits per heavy atom. The monoisotopic (exact) mass is 343 g/mol. The maximum atomic E-state index is 12.3. The fourth-order valence-corrected chi connectivity index (χ4v) is 2.48. The van der Waals surface area contributed by atoms with Crippen LogP contribution in [0, 0.1) is 6.92 Å². The van der Waals surface area contributed by atoms with Gasteiger partial charge < -0.3 is 10.1 Å². The lowest BCUT2D eigenvalue weighted by molar-refractivity contribution is -0.0594. The summed E-state index contributed by atoms with van der Waals surface area (Å²) < 4.78 is 6.69. The summed E-state index contributed by atoms with van der Waals surface area (Å²) >= 11 is 0. The topological polar surface area (TPSA) is 111 Å². The number of ether oxygens (including phenoxy) is 1. The minimum absolute atomic E-state index is 0.233. The molecule has 3 aromatic heterocycles. The minimum atomic E-state index is -0.315. The van der Waals surface area contributed by atoms with Gasteiger partial charge in [-0.25, -0.2) is 14.6 Å². The Labute approximate surface area is 144 Å². The number of nitrogens with one attached hydrogen (secondary N) is 2. The molecular formula is C16H21N7O2. The van der Waals surface area contributed by atoms with E-state index in [1.54, 1.807) is 30.1 Å². The van der Waals surface area contributed by atoms with Gasteiger partial charge in [-0.3, -0.25) is 9.89 Å². The van der Waals surface area contributed by atoms with Crippen molar-refractivity contribution in [1.82, 2.24) is 35.3 Å². The van der Waals surface area contributed by atoms with Gasteiger partial charge in [0.1, 0.15) is 5.82 Å². The Morgan fingerprint density at radius 2 is 2.12 bits per heavy atom. The van der Waals surface area contributed by atoms with E-state index in [2.05, 4.69) is 30.6 Å². The Hall–Kier alpha value is -2.81. The number of aryl methyl sites for hydroxylation is 1. The van der Waals surface area contributed by atoms with Crippen molar-refractivity contribution in [2.75, 3.05) is 13.2 Å². The van der Waals surface area contributed by atoms with Crippen LogP contribution in [-0.2, 0) is 4.74 Å². The van der Waals surface area contributed by atoms with Gasteiger partial charge in [-0.15, -0.1) is 0 Å². The van der Waals surface area contributed by atoms with Crippen molar-refractivity contribution in [2.45, 2.75) is 33.2 Å². The first-order chi connectivity index (χ1) is 12.0. The van der Waals surface area contributed by atoms with E-state index in [0.717, 1.165) is 5.39 Å². The average Bonchev–Trinajstić information content (AvgIpc) is 3.23. The van der Waals surface area contributed by atoms with Gasteiger partial charge in [0.05, 0.1) is 30.3 Å². The third-order valence-corrected chi connectivity index (χ3v) is 3.70. The minimum Gasteiger partial charge on any atom is -0.376 e. The lowest BCUT2D eigenvalue weighted by Gasteiger charge is -2.38. The number of amides is 1. The zero-order valence-corrected chi connectivity index (χ0v) is 14.7. The van der Waals surface area contributed by atoms with Gasteiger partial charge in [-0.2, -0.15) is 10.2 Å². The molecule has 4 heterocycles. The van der Waals surface area contributed by atoms with Crippen molar-refractivity contribution in [3.8, 4) is 5.82 Å². The predicted octanol–water partition coefficient (Wildman–Crippen LogP) is 1.39. The van der Waals surface area contributed by atoms with E-state index in [1.165, 1.54) is 0 Å². The van der Waals surface area contributed by atoms with E-state index < -0.39 is 0 Å². The van der Waals surface area contributed by atoms with Crippen molar-refractivity contribution >= 4 is 16.9 Å². The molecule has 0 unspecified atom stereocenters. The van der Waals surface area contributed by atoms with Crippen LogP contribution >= 0.6 is 0 Å². The number of fused-ring (bicyclic) bond motifs is 1. The first-order valence-electron chi connectivity index (χ1n) is 8.18. The molecule has 25 heavy (non-hydrogen) atoms. The molecule has 0 spiro atoms. The summed E-state index contributed by atoms with van der Waals surface area (Å²) in [7, 11) is 0. The number of H-pyrrole nitrogens is 1. The number of hydrogen-bond acceptors (Lipinski definition) is 6. The third-order valence-electron chi connectivity index (χ3n) is 3.70. The molecule has 1 fully saturated rings. The lowest BCUT2D eigenvalue weighted by Crippen LogP contribution is -2.59. The molecule has 1 aliphatic heterocycles. The van der Waals surface area contributed by atoms with Crippen LogP contribution in [0.2, 0.25) is 0 Å². The molecule has 1 aliphatic rings. The summed E-state index contributed by atoms with van der Waals surface area (Å²) in [5.74, 6) is 0.944. The number of rotatable bonds is 3. The Kier molecular flexibility index (Phi) is 4.49. The van der Waals surface area contributed by atoms with Crippen LogP contribution in [0.4, 0.5) is 0 Å². The molecule has 0 saturated carbocycles. The van der Waals surface area contributed by atoms with E-state index in [1.807, 2.05) is 20.8 Å². The third kappa shape index (κ3) is 3.22. The van der Waals surface area contributed by atoms with Crippen molar-refractivity contribution in [2.24, 2.45) is 0 Å². The Morgan fingerprint density at radius 1 is 1.36 bits per heavy atom. The van der Waals surface area contributed by atoms with Crippen LogP contribution in [0.15, 0.2) is 18.5 Å². The summed E-state index contributed by atoms with van der Waals surface area (Å²) in [6.07, 6.45) is 3.33. The summed E-state index contributed by atoms with van der Waals surface area (Å²) in [4.78, 5) is 20.9. The lowest BCUT2D eigenvalue weighted by atomic mass is 10.0. The summed E-state index contributed by atoms with van der Waals surface area (Å²) in [5.41, 5.74) is 0.642. The molecule has 4 rings (SSSR count). The largest absolute Gasteiger partial charge is 0.376 e. The van der Waals surface area contributed by atoms with Crippen molar-refractivity contribution in [3.05, 3.63) is 30.0 Å². The molecule has 1 saturated heterocycles. The van der Waals surface area contributed by atoms with Crippen molar-refractivity contribution < 1.29 is 9.53 Å². The number of carbonyl (C=O) groups excluding carboxylic acids is 1. The first kappa shape index (κ1) is 17.0. The quantitative estimate of drug-likeness (QED) is 0.743. The van der Waals surface area contributed by atoms with Gasteiger partial charge in [0.25, 0.3) is 5.91 Å². The molecule has 0 bridgehead atoms. The molecule has 0 aliphatic carbocycles. The van der Waals surface area contributed by atoms with E-state index in [9.17, 15) is 4.79 Å². The summed E-state index contributed by atoms with van der Waals surface area (Å²) in [6.45, 7) is 8.76. The second-order valence-corrected chi connectivity index (χ2v) is 5.88. The smallest absolute Gasteiger partial charge is 0.272 e. The second kappa shape index (κ2) is 6.60. The van der Waals surface area contributed by atoms with Gasteiger partial charge in [0.2, 0.25) is 0 Å². The van der Waals surface area contributed by atoms with E-state index >= 15 is 0 Å². The van der Waals surface area contributed by atoms with E-state index in [4.69, 9.17) is 4.74 Å². The van der Waals surface area contributed by atoms with E-state index in [-0.39, 0.29) is 11.4 Å². The molecular weight excluding hydrogens is 322 g/mol. The zero-order valence-electron chi connectivity index (χ0n) is 14.7. The first-order valence-corrected chi connectivity index (χ1v) is 8.18. The highest BCUT2D eigenvalue weighted by Crippen LogP contribution is 2.18. The Balaban J connectivity index is 0.000000880. The number of carbonyl (C=O) groups is 1. The maximum Gasteiger partial charge on any atom is 0.272 e. The number of nitrogens with zero attached hydrogens (tertiary/aromatic N) is 5. The van der Waals surface area contributed by atoms with Crippen molar-refractivity contribution in [3.63, 3.8) is 0 Å². The van der Waals surface area contributed by atoms with E-state index in [0.29, 0.717) is 36.2 Å². The highest BCUT2D eigenvalue weighted by atomic mass is 16.5. The summed E-state index contributed by atoms with van der Waals surface area (Å²) in [6, 6.07) is 1.65. The molecule has 0 aromatic carbocycles. The molecule has 9 heteroatoms. The highest BCUT2D eigenvalue weighted by Gasteiger charge is 2.35. The van der Waals surface area contributed by atoms with Crippen LogP contribution in [0.25, 0.3) is 16.9 Å². The Bertz CT molecular complexity index is 895. The van der Waals surface area contributed by atoms with Crippen molar-refractivity contribution in [1.29, 1.82) is 0 Å². The molecule has 2 N–H and O–H groups in total. The predicted molar refractivity (Wildman–Crippen MR) is 91.6 cm³/mol. The average molecular weight is 343 g/mol. The van der Waals surface area contributed by atoms with Gasteiger partial charge in [-0.05, 0) is 19.9 Å². The van der Waals surface area contributed by atoms with Crippen LogP contribution < -0.4 is 5.32 Å². The van der Waals surface area contributed by atoms with Gasteiger partial charge in [-0.1, -0.05) is 13.8 Å². The molecule has 0 atom stereocenters. The standard InChI is InChI=1S/C14H15N7O2.C2H6/c1-8-16-11-9(5-15-19-11)12(17-8)21-4-3-10(20-21)13(22)18-14(2)6-23-7-14;1-2/h3-5H,6-7H2,1-2H3,(H,18,22)(H,15,16,17,19);1-2H3. The zero-order chi connectivity index (χ0) is 18.0. The molecule has 132 valence electrons. The maximum absolute atomic E-state index is 12.3. The summed E-state index contributed by atoms with van der Waals surface area (Å²) in [5, 5.41) is 14.8. The van der Waals surface area contributed by atoms with Gasteiger partial charge in [0.15, 0.2) is 17.2 Å². The fraction of sp³-hybridized carbons (Fsp3) is 0.438. The molecule has 1 amide bonds. The van der Waals surface area contributed by atoms with Gasteiger partial charge >= 0.3 is 0 Å². The van der Waals surface area contributed by atoms with Crippen LogP contribution in [0.5, 0.6) is 0 Å². The number of aromatic amines is 1. The number of hydrogen-bond donors (Lipinski definition) is 2. The van der Waals surface area contributed by atoms with Crippen LogP contribution in [0.1, 0.15) is 37.1 Å².